The van der Waals surface area contributed by atoms with Crippen LogP contribution in [-0.4, -0.2) is 56.8 Å². The smallest absolute Gasteiger partial charge is 0.407 e. The van der Waals surface area contributed by atoms with Crippen molar-refractivity contribution in [1.29, 1.82) is 0 Å². The summed E-state index contributed by atoms with van der Waals surface area (Å²) in [4.78, 5) is 26.2. The highest BCUT2D eigenvalue weighted by atomic mass is 35.5. The third kappa shape index (κ3) is 7.10. The summed E-state index contributed by atoms with van der Waals surface area (Å²) in [6, 6.07) is 13.8. The Balaban J connectivity index is 1.27. The summed E-state index contributed by atoms with van der Waals surface area (Å²) in [6.07, 6.45) is 7.17. The molecule has 0 radical (unpaired) electrons. The van der Waals surface area contributed by atoms with Gasteiger partial charge in [-0.3, -0.25) is 4.72 Å². The molecule has 1 aliphatic carbocycles. The lowest BCUT2D eigenvalue weighted by atomic mass is 9.90. The molecule has 0 spiro atoms. The first kappa shape index (κ1) is 32.5. The molecule has 0 saturated heterocycles. The van der Waals surface area contributed by atoms with Gasteiger partial charge in [-0.25, -0.2) is 32.7 Å². The van der Waals surface area contributed by atoms with Gasteiger partial charge in [-0.05, 0) is 82.0 Å². The number of ether oxygens (including phenoxy) is 1. The van der Waals surface area contributed by atoms with Gasteiger partial charge in [0.25, 0.3) is 10.0 Å². The largest absolute Gasteiger partial charge is 0.444 e. The van der Waals surface area contributed by atoms with Crippen molar-refractivity contribution in [3.63, 3.8) is 0 Å². The molecular weight excluding hydrogens is 640 g/mol. The Hall–Kier alpha value is -4.49. The first-order chi connectivity index (χ1) is 22.4. The minimum Gasteiger partial charge on any atom is -0.444 e. The Bertz CT molecular complexity index is 2060. The Morgan fingerprint density at radius 2 is 1.83 bits per heavy atom. The van der Waals surface area contributed by atoms with Crippen LogP contribution in [-0.2, 0) is 21.2 Å². The van der Waals surface area contributed by atoms with Gasteiger partial charge in [0.15, 0.2) is 5.82 Å². The fourth-order valence-electron chi connectivity index (χ4n) is 5.88. The number of alkyl carbamates (subject to hydrolysis) is 1. The Morgan fingerprint density at radius 3 is 2.57 bits per heavy atom. The summed E-state index contributed by atoms with van der Waals surface area (Å²) < 4.78 is 36.0. The van der Waals surface area contributed by atoms with Gasteiger partial charge in [-0.15, -0.1) is 0 Å². The molecule has 2 atom stereocenters. The summed E-state index contributed by atoms with van der Waals surface area (Å²) in [5, 5.41) is 11.9. The summed E-state index contributed by atoms with van der Waals surface area (Å²) >= 11 is 6.16. The number of amides is 1. The third-order valence-electron chi connectivity index (χ3n) is 8.03. The molecule has 5 aromatic rings. The van der Waals surface area contributed by atoms with Crippen molar-refractivity contribution in [1.82, 2.24) is 29.9 Å². The number of hydrogen-bond acceptors (Lipinski definition) is 9. The lowest BCUT2D eigenvalue weighted by Crippen LogP contribution is -2.50. The molecule has 246 valence electrons. The van der Waals surface area contributed by atoms with E-state index in [4.69, 9.17) is 21.3 Å². The van der Waals surface area contributed by atoms with E-state index in [0.29, 0.717) is 17.9 Å². The lowest BCUT2D eigenvalue weighted by Gasteiger charge is -2.33. The topological polar surface area (TPSA) is 152 Å². The van der Waals surface area contributed by atoms with Gasteiger partial charge < -0.3 is 15.4 Å². The SMILES string of the molecule is CCc1cc(-c2ccc3c(NS(=O)(=O)c4ccccc4Cl)ncnn23)cc2cnc(NC3CCCC[C@@H]3NC(=O)OC(C)(C)C)nc12. The predicted molar refractivity (Wildman–Crippen MR) is 182 cm³/mol. The lowest BCUT2D eigenvalue weighted by molar-refractivity contribution is 0.0488. The number of nitrogens with one attached hydrogen (secondary N) is 3. The van der Waals surface area contributed by atoms with Crippen LogP contribution in [0.15, 0.2) is 66.0 Å². The molecule has 0 bridgehead atoms. The standard InChI is InChI=1S/C33H37ClN8O4S/c1-5-20-16-21(26-14-15-27-30(36-19-37-42(26)27)41-47(44,45)28-13-9-6-10-23(28)34)17-22-18-35-31(40-29(20)22)38-24-11-7-8-12-25(24)39-32(43)46-33(2,3)4/h6,9-10,13-19,24-25H,5,7-8,11-12H2,1-4H3,(H,39,43)(H,35,38,40)(H,36,37,41)/t24?,25-/m0/s1. The molecule has 14 heteroatoms. The number of hydrogen-bond donors (Lipinski definition) is 3. The van der Waals surface area contributed by atoms with E-state index in [1.807, 2.05) is 32.9 Å². The number of halogens is 1. The summed E-state index contributed by atoms with van der Waals surface area (Å²) in [5.74, 6) is 0.628. The Morgan fingerprint density at radius 1 is 1.06 bits per heavy atom. The van der Waals surface area contributed by atoms with Crippen molar-refractivity contribution in [2.75, 3.05) is 10.0 Å². The molecular formula is C33H37ClN8O4S. The van der Waals surface area contributed by atoms with Crippen molar-refractivity contribution < 1.29 is 17.9 Å². The number of sulfonamides is 1. The number of benzene rings is 2. The van der Waals surface area contributed by atoms with Crippen LogP contribution in [0.4, 0.5) is 16.6 Å². The maximum atomic E-state index is 13.1. The monoisotopic (exact) mass is 676 g/mol. The van der Waals surface area contributed by atoms with Gasteiger partial charge in [0, 0.05) is 23.2 Å². The van der Waals surface area contributed by atoms with E-state index < -0.39 is 21.7 Å². The van der Waals surface area contributed by atoms with Gasteiger partial charge in [0.2, 0.25) is 5.95 Å². The zero-order valence-electron chi connectivity index (χ0n) is 26.6. The average Bonchev–Trinajstić information content (AvgIpc) is 3.46. The number of nitrogens with zero attached hydrogens (tertiary/aromatic N) is 5. The molecule has 47 heavy (non-hydrogen) atoms. The minimum atomic E-state index is -4.00. The summed E-state index contributed by atoms with van der Waals surface area (Å²) in [6.45, 7) is 7.61. The van der Waals surface area contributed by atoms with Gasteiger partial charge in [0.1, 0.15) is 22.3 Å². The van der Waals surface area contributed by atoms with Crippen molar-refractivity contribution >= 4 is 55.9 Å². The number of carbonyl (C=O) groups is 1. The zero-order chi connectivity index (χ0) is 33.3. The maximum Gasteiger partial charge on any atom is 0.407 e. The number of fused-ring (bicyclic) bond motifs is 2. The molecule has 6 rings (SSSR count). The highest BCUT2D eigenvalue weighted by Gasteiger charge is 2.29. The second-order valence-electron chi connectivity index (χ2n) is 12.6. The van der Waals surface area contributed by atoms with E-state index in [9.17, 15) is 13.2 Å². The molecule has 1 unspecified atom stereocenters. The van der Waals surface area contributed by atoms with Crippen LogP contribution in [0.5, 0.6) is 0 Å². The summed E-state index contributed by atoms with van der Waals surface area (Å²) in [5.41, 5.74) is 3.36. The average molecular weight is 677 g/mol. The third-order valence-corrected chi connectivity index (χ3v) is 9.87. The number of aryl methyl sites for hydroxylation is 1. The van der Waals surface area contributed by atoms with Gasteiger partial charge in [-0.1, -0.05) is 43.5 Å². The van der Waals surface area contributed by atoms with Crippen molar-refractivity contribution in [2.45, 2.75) is 82.4 Å². The van der Waals surface area contributed by atoms with Crippen molar-refractivity contribution in [2.24, 2.45) is 0 Å². The molecule has 3 aromatic heterocycles. The molecule has 2 aromatic carbocycles. The van der Waals surface area contributed by atoms with E-state index in [2.05, 4.69) is 43.4 Å². The molecule has 1 fully saturated rings. The highest BCUT2D eigenvalue weighted by molar-refractivity contribution is 7.92. The second kappa shape index (κ2) is 13.0. The second-order valence-corrected chi connectivity index (χ2v) is 14.6. The molecule has 0 aliphatic heterocycles. The molecule has 1 saturated carbocycles. The van der Waals surface area contributed by atoms with Crippen LogP contribution in [0.3, 0.4) is 0 Å². The van der Waals surface area contributed by atoms with E-state index in [-0.39, 0.29) is 27.8 Å². The summed E-state index contributed by atoms with van der Waals surface area (Å²) in [7, 11) is -4.00. The number of carbonyl (C=O) groups excluding carboxylic acids is 1. The van der Waals surface area contributed by atoms with E-state index in [1.54, 1.807) is 28.9 Å². The van der Waals surface area contributed by atoms with Crippen LogP contribution in [0.2, 0.25) is 5.02 Å². The first-order valence-corrected chi connectivity index (χ1v) is 17.4. The molecule has 12 nitrogen and oxygen atoms in total. The van der Waals surface area contributed by atoms with Crippen molar-refractivity contribution in [3.8, 4) is 11.3 Å². The van der Waals surface area contributed by atoms with Gasteiger partial charge in [-0.2, -0.15) is 5.10 Å². The minimum absolute atomic E-state index is 0.0330. The number of anilines is 2. The van der Waals surface area contributed by atoms with E-state index >= 15 is 0 Å². The Labute approximate surface area is 278 Å². The molecule has 1 aliphatic rings. The predicted octanol–water partition coefficient (Wildman–Crippen LogP) is 6.60. The van der Waals surface area contributed by atoms with Gasteiger partial charge in [0.05, 0.1) is 22.3 Å². The first-order valence-electron chi connectivity index (χ1n) is 15.6. The van der Waals surface area contributed by atoms with Crippen LogP contribution in [0.25, 0.3) is 27.7 Å². The fourth-order valence-corrected chi connectivity index (χ4v) is 7.43. The molecule has 1 amide bonds. The van der Waals surface area contributed by atoms with Crippen LogP contribution in [0, 0.1) is 0 Å². The number of rotatable bonds is 8. The molecule has 3 heterocycles. The highest BCUT2D eigenvalue weighted by Crippen LogP contribution is 2.32. The quantitative estimate of drug-likeness (QED) is 0.165. The fraction of sp³-hybridized carbons (Fsp3) is 0.364. The van der Waals surface area contributed by atoms with Crippen LogP contribution >= 0.6 is 11.6 Å². The zero-order valence-corrected chi connectivity index (χ0v) is 28.2. The van der Waals surface area contributed by atoms with E-state index in [1.165, 1.54) is 18.5 Å². The normalized spacial score (nSPS) is 17.0. The van der Waals surface area contributed by atoms with E-state index in [0.717, 1.165) is 53.4 Å². The van der Waals surface area contributed by atoms with Gasteiger partial charge >= 0.3 is 6.09 Å². The molecule has 3 N–H and O–H groups in total. The van der Waals surface area contributed by atoms with Crippen LogP contribution in [0.1, 0.15) is 58.9 Å². The number of aromatic nitrogens is 5. The van der Waals surface area contributed by atoms with Crippen molar-refractivity contribution in [3.05, 3.63) is 71.6 Å². The van der Waals surface area contributed by atoms with Crippen LogP contribution < -0.4 is 15.4 Å². The maximum absolute atomic E-state index is 13.1. The Kier molecular flexibility index (Phi) is 8.95.